The summed E-state index contributed by atoms with van der Waals surface area (Å²) in [5, 5.41) is 10.9. The van der Waals surface area contributed by atoms with Gasteiger partial charge < -0.3 is 9.63 Å². The van der Waals surface area contributed by atoms with Gasteiger partial charge in [0.15, 0.2) is 0 Å². The van der Waals surface area contributed by atoms with Crippen molar-refractivity contribution in [2.24, 2.45) is 0 Å². The monoisotopic (exact) mass is 262 g/mol. The molecule has 0 aliphatic carbocycles. The molecule has 2 heterocycles. The Morgan fingerprint density at radius 2 is 2.33 bits per heavy atom. The molecular formula is C10H12F2N2O4. The molecule has 0 unspecified atom stereocenters. The maximum absolute atomic E-state index is 12.8. The van der Waals surface area contributed by atoms with Crippen molar-refractivity contribution in [3.8, 4) is 0 Å². The summed E-state index contributed by atoms with van der Waals surface area (Å²) in [5.74, 6) is -0.0609. The van der Waals surface area contributed by atoms with E-state index >= 15 is 0 Å². The summed E-state index contributed by atoms with van der Waals surface area (Å²) in [4.78, 5) is 22.5. The number of carbonyl (C=O) groups is 1. The lowest BCUT2D eigenvalue weighted by atomic mass is 9.89. The molecule has 1 saturated heterocycles. The van der Waals surface area contributed by atoms with Gasteiger partial charge in [-0.05, 0) is 12.8 Å². The lowest BCUT2D eigenvalue weighted by Crippen LogP contribution is -2.48. The SMILES string of the molecule is O=C(O)N1CC[C@H](c2cc(=O)[nH]o2)C[C@@H]1C(F)F. The molecule has 0 spiro atoms. The number of likely N-dealkylation sites (tertiary alicyclic amines) is 1. The maximum atomic E-state index is 12.8. The van der Waals surface area contributed by atoms with Crippen molar-refractivity contribution >= 4 is 6.09 Å². The first kappa shape index (κ1) is 12.6. The fourth-order valence-electron chi connectivity index (χ4n) is 2.23. The van der Waals surface area contributed by atoms with Crippen LogP contribution in [-0.4, -0.2) is 40.3 Å². The van der Waals surface area contributed by atoms with Gasteiger partial charge in [0.2, 0.25) is 0 Å². The van der Waals surface area contributed by atoms with E-state index in [1.165, 1.54) is 6.07 Å². The number of piperidine rings is 1. The Morgan fingerprint density at radius 3 is 2.83 bits per heavy atom. The first-order chi connectivity index (χ1) is 8.49. The number of hydrogen-bond donors (Lipinski definition) is 2. The average Bonchev–Trinajstić information content (AvgIpc) is 2.75. The number of hydrogen-bond acceptors (Lipinski definition) is 3. The Hall–Kier alpha value is -1.86. The predicted molar refractivity (Wildman–Crippen MR) is 55.8 cm³/mol. The molecule has 1 aromatic heterocycles. The van der Waals surface area contributed by atoms with Crippen molar-refractivity contribution in [2.45, 2.75) is 31.2 Å². The molecule has 2 atom stereocenters. The van der Waals surface area contributed by atoms with E-state index in [-0.39, 0.29) is 18.9 Å². The Balaban J connectivity index is 2.15. The topological polar surface area (TPSA) is 86.5 Å². The lowest BCUT2D eigenvalue weighted by Gasteiger charge is -2.36. The summed E-state index contributed by atoms with van der Waals surface area (Å²) in [5.41, 5.74) is -0.431. The van der Waals surface area contributed by atoms with Gasteiger partial charge in [-0.1, -0.05) is 0 Å². The molecule has 1 fully saturated rings. The number of carboxylic acid groups (broad SMARTS) is 1. The van der Waals surface area contributed by atoms with Crippen LogP contribution in [0.5, 0.6) is 0 Å². The first-order valence-electron chi connectivity index (χ1n) is 5.45. The predicted octanol–water partition coefficient (Wildman–Crippen LogP) is 1.46. The van der Waals surface area contributed by atoms with Crippen molar-refractivity contribution in [1.29, 1.82) is 0 Å². The van der Waals surface area contributed by atoms with Crippen molar-refractivity contribution < 1.29 is 23.2 Å². The zero-order valence-electron chi connectivity index (χ0n) is 9.31. The Labute approximate surface area is 100 Å². The van der Waals surface area contributed by atoms with E-state index < -0.39 is 24.1 Å². The standard InChI is InChI=1S/C10H12F2N2O4/c11-9(12)6-3-5(1-2-14(6)10(16)17)7-4-8(15)13-18-7/h4-6,9H,1-3H2,(H,13,15)(H,16,17)/t5-,6+/m0/s1. The van der Waals surface area contributed by atoms with E-state index in [1.807, 2.05) is 0 Å². The summed E-state index contributed by atoms with van der Waals surface area (Å²) >= 11 is 0. The highest BCUT2D eigenvalue weighted by Crippen LogP contribution is 2.33. The molecule has 1 aliphatic heterocycles. The Bertz CT molecular complexity index is 484. The lowest BCUT2D eigenvalue weighted by molar-refractivity contribution is 0.00306. The van der Waals surface area contributed by atoms with E-state index in [9.17, 15) is 18.4 Å². The largest absolute Gasteiger partial charge is 0.465 e. The van der Waals surface area contributed by atoms with Gasteiger partial charge in [0.05, 0.1) is 6.04 Å². The summed E-state index contributed by atoms with van der Waals surface area (Å²) in [6.45, 7) is 0.00387. The minimum atomic E-state index is -2.76. The highest BCUT2D eigenvalue weighted by molar-refractivity contribution is 5.65. The van der Waals surface area contributed by atoms with E-state index in [1.54, 1.807) is 0 Å². The van der Waals surface area contributed by atoms with Crippen molar-refractivity contribution in [3.63, 3.8) is 0 Å². The molecule has 18 heavy (non-hydrogen) atoms. The van der Waals surface area contributed by atoms with Crippen LogP contribution in [0.15, 0.2) is 15.4 Å². The number of nitrogens with zero attached hydrogens (tertiary/aromatic N) is 1. The highest BCUT2D eigenvalue weighted by atomic mass is 19.3. The molecular weight excluding hydrogens is 250 g/mol. The molecule has 2 rings (SSSR count). The molecule has 1 aliphatic rings. The number of H-pyrrole nitrogens is 1. The molecule has 0 saturated carbocycles. The molecule has 8 heteroatoms. The van der Waals surface area contributed by atoms with Crippen molar-refractivity contribution in [1.82, 2.24) is 10.1 Å². The highest BCUT2D eigenvalue weighted by Gasteiger charge is 2.38. The summed E-state index contributed by atoms with van der Waals surface area (Å²) in [7, 11) is 0. The third kappa shape index (κ3) is 2.36. The third-order valence-electron chi connectivity index (χ3n) is 3.13. The van der Waals surface area contributed by atoms with Gasteiger partial charge in [0.1, 0.15) is 5.76 Å². The smallest absolute Gasteiger partial charge is 0.407 e. The van der Waals surface area contributed by atoms with E-state index in [0.29, 0.717) is 12.2 Å². The first-order valence-corrected chi connectivity index (χ1v) is 5.45. The van der Waals surface area contributed by atoms with Gasteiger partial charge in [-0.15, -0.1) is 0 Å². The minimum Gasteiger partial charge on any atom is -0.465 e. The molecule has 6 nitrogen and oxygen atoms in total. The molecule has 0 bridgehead atoms. The van der Waals surface area contributed by atoms with Gasteiger partial charge in [0.25, 0.3) is 12.0 Å². The zero-order valence-corrected chi connectivity index (χ0v) is 9.31. The van der Waals surface area contributed by atoms with E-state index in [0.717, 1.165) is 4.90 Å². The van der Waals surface area contributed by atoms with E-state index in [2.05, 4.69) is 5.16 Å². The second-order valence-corrected chi connectivity index (χ2v) is 4.21. The summed E-state index contributed by atoms with van der Waals surface area (Å²) < 4.78 is 30.5. The van der Waals surface area contributed by atoms with Crippen LogP contribution < -0.4 is 5.56 Å². The molecule has 0 aromatic carbocycles. The fourth-order valence-corrected chi connectivity index (χ4v) is 2.23. The number of aromatic nitrogens is 1. The van der Waals surface area contributed by atoms with Crippen LogP contribution in [0, 0.1) is 0 Å². The number of rotatable bonds is 2. The normalized spacial score (nSPS) is 24.5. The molecule has 1 aromatic rings. The van der Waals surface area contributed by atoms with E-state index in [4.69, 9.17) is 9.63 Å². The number of amides is 1. The Kier molecular flexibility index (Phi) is 3.35. The van der Waals surface area contributed by atoms with Gasteiger partial charge >= 0.3 is 6.09 Å². The summed E-state index contributed by atoms with van der Waals surface area (Å²) in [6, 6.07) is -0.148. The third-order valence-corrected chi connectivity index (χ3v) is 3.13. The molecule has 100 valence electrons. The molecule has 1 amide bonds. The minimum absolute atomic E-state index is 0.00387. The maximum Gasteiger partial charge on any atom is 0.407 e. The fraction of sp³-hybridized carbons (Fsp3) is 0.600. The number of alkyl halides is 2. The second-order valence-electron chi connectivity index (χ2n) is 4.21. The molecule has 0 radical (unpaired) electrons. The van der Waals surface area contributed by atoms with Gasteiger partial charge in [-0.2, -0.15) is 5.16 Å². The average molecular weight is 262 g/mol. The van der Waals surface area contributed by atoms with Crippen LogP contribution in [-0.2, 0) is 0 Å². The van der Waals surface area contributed by atoms with Crippen LogP contribution >= 0.6 is 0 Å². The van der Waals surface area contributed by atoms with Crippen molar-refractivity contribution in [3.05, 3.63) is 22.2 Å². The van der Waals surface area contributed by atoms with Crippen LogP contribution in [0.4, 0.5) is 13.6 Å². The Morgan fingerprint density at radius 1 is 1.61 bits per heavy atom. The van der Waals surface area contributed by atoms with Crippen molar-refractivity contribution in [2.75, 3.05) is 6.54 Å². The molecule has 2 N–H and O–H groups in total. The van der Waals surface area contributed by atoms with Gasteiger partial charge in [-0.25, -0.2) is 13.6 Å². The van der Waals surface area contributed by atoms with Crippen LogP contribution in [0.3, 0.4) is 0 Å². The van der Waals surface area contributed by atoms with Gasteiger partial charge in [-0.3, -0.25) is 9.69 Å². The summed E-state index contributed by atoms with van der Waals surface area (Å²) in [6.07, 6.45) is -3.80. The zero-order chi connectivity index (χ0) is 13.3. The quantitative estimate of drug-likeness (QED) is 0.844. The van der Waals surface area contributed by atoms with Crippen LogP contribution in [0.25, 0.3) is 0 Å². The number of nitrogens with one attached hydrogen (secondary N) is 1. The van der Waals surface area contributed by atoms with Gasteiger partial charge in [0, 0.05) is 18.5 Å². The van der Waals surface area contributed by atoms with Crippen LogP contribution in [0.1, 0.15) is 24.5 Å². The number of aromatic amines is 1. The van der Waals surface area contributed by atoms with Crippen LogP contribution in [0.2, 0.25) is 0 Å². The number of halogens is 2. The second kappa shape index (κ2) is 4.79.